The molecule has 0 saturated carbocycles. The van der Waals surface area contributed by atoms with Crippen LogP contribution in [-0.4, -0.2) is 6.61 Å². The standard InChI is InChI=1S/C11H22O.Na.H/c1-4-6-7-9-12-10-11(3)8-5-2;;/h10H,4-9H2,1-3H3;;/q;+1;-1. The van der Waals surface area contributed by atoms with Gasteiger partial charge in [0.2, 0.25) is 0 Å². The average Bonchev–Trinajstić information content (AvgIpc) is 2.05. The normalized spacial score (nSPS) is 10.8. The molecule has 0 fully saturated rings. The molecule has 0 aromatic carbocycles. The molecule has 0 atom stereocenters. The molecule has 0 bridgehead atoms. The molecule has 0 heterocycles. The topological polar surface area (TPSA) is 9.23 Å². The van der Waals surface area contributed by atoms with Crippen molar-refractivity contribution in [3.8, 4) is 0 Å². The van der Waals surface area contributed by atoms with Crippen LogP contribution in [0.2, 0.25) is 0 Å². The molecular weight excluding hydrogens is 171 g/mol. The molecular formula is C11H23NaO. The number of rotatable bonds is 7. The Morgan fingerprint density at radius 3 is 2.46 bits per heavy atom. The van der Waals surface area contributed by atoms with Crippen LogP contribution < -0.4 is 29.6 Å². The van der Waals surface area contributed by atoms with E-state index in [1.165, 1.54) is 31.3 Å². The molecule has 0 saturated heterocycles. The Labute approximate surface area is 107 Å². The quantitative estimate of drug-likeness (QED) is 0.334. The Bertz CT molecular complexity index is 126. The predicted molar refractivity (Wildman–Crippen MR) is 55.3 cm³/mol. The van der Waals surface area contributed by atoms with Crippen molar-refractivity contribution in [3.63, 3.8) is 0 Å². The summed E-state index contributed by atoms with van der Waals surface area (Å²) >= 11 is 0. The van der Waals surface area contributed by atoms with E-state index in [1.807, 2.05) is 6.26 Å². The van der Waals surface area contributed by atoms with Crippen LogP contribution >= 0.6 is 0 Å². The van der Waals surface area contributed by atoms with E-state index in [9.17, 15) is 0 Å². The summed E-state index contributed by atoms with van der Waals surface area (Å²) in [5, 5.41) is 0. The summed E-state index contributed by atoms with van der Waals surface area (Å²) in [5.74, 6) is 0. The third kappa shape index (κ3) is 12.5. The second-order valence-electron chi connectivity index (χ2n) is 3.29. The molecule has 0 spiro atoms. The molecule has 0 amide bonds. The van der Waals surface area contributed by atoms with Crippen LogP contribution in [0.25, 0.3) is 0 Å². The molecule has 0 radical (unpaired) electrons. The van der Waals surface area contributed by atoms with E-state index in [0.29, 0.717) is 0 Å². The fraction of sp³-hybridized carbons (Fsp3) is 0.818. The summed E-state index contributed by atoms with van der Waals surface area (Å²) in [6.07, 6.45) is 8.02. The Hall–Kier alpha value is 0.540. The van der Waals surface area contributed by atoms with E-state index < -0.39 is 0 Å². The van der Waals surface area contributed by atoms with Gasteiger partial charge in [0.1, 0.15) is 0 Å². The summed E-state index contributed by atoms with van der Waals surface area (Å²) in [6, 6.07) is 0. The summed E-state index contributed by atoms with van der Waals surface area (Å²) in [4.78, 5) is 0. The van der Waals surface area contributed by atoms with Gasteiger partial charge in [0.15, 0.2) is 0 Å². The van der Waals surface area contributed by atoms with Gasteiger partial charge in [0, 0.05) is 0 Å². The second kappa shape index (κ2) is 12.5. The van der Waals surface area contributed by atoms with Gasteiger partial charge in [-0.1, -0.05) is 33.1 Å². The molecule has 13 heavy (non-hydrogen) atoms. The zero-order valence-electron chi connectivity index (χ0n) is 10.7. The van der Waals surface area contributed by atoms with Crippen molar-refractivity contribution in [2.75, 3.05) is 6.61 Å². The molecule has 0 aliphatic carbocycles. The summed E-state index contributed by atoms with van der Waals surface area (Å²) in [6.45, 7) is 7.41. The second-order valence-corrected chi connectivity index (χ2v) is 3.29. The average molecular weight is 194 g/mol. The van der Waals surface area contributed by atoms with Gasteiger partial charge in [-0.3, -0.25) is 0 Å². The van der Waals surface area contributed by atoms with Crippen molar-refractivity contribution < 1.29 is 35.7 Å². The Balaban J connectivity index is -0.000000605. The Morgan fingerprint density at radius 2 is 1.92 bits per heavy atom. The van der Waals surface area contributed by atoms with Crippen molar-refractivity contribution in [2.24, 2.45) is 0 Å². The van der Waals surface area contributed by atoms with E-state index in [-0.39, 0.29) is 31.0 Å². The third-order valence-electron chi connectivity index (χ3n) is 1.79. The summed E-state index contributed by atoms with van der Waals surface area (Å²) in [5.41, 5.74) is 1.36. The fourth-order valence-corrected chi connectivity index (χ4v) is 1.09. The molecule has 0 aromatic rings. The van der Waals surface area contributed by atoms with Crippen LogP contribution in [0, 0.1) is 0 Å². The van der Waals surface area contributed by atoms with Crippen LogP contribution in [0.4, 0.5) is 0 Å². The van der Waals surface area contributed by atoms with Crippen molar-refractivity contribution in [3.05, 3.63) is 11.8 Å². The minimum atomic E-state index is 0. The maximum absolute atomic E-state index is 5.39. The summed E-state index contributed by atoms with van der Waals surface area (Å²) < 4.78 is 5.39. The van der Waals surface area contributed by atoms with Crippen LogP contribution in [0.5, 0.6) is 0 Å². The monoisotopic (exact) mass is 194 g/mol. The molecule has 0 unspecified atom stereocenters. The van der Waals surface area contributed by atoms with Gasteiger partial charge in [0.05, 0.1) is 12.9 Å². The molecule has 74 valence electrons. The molecule has 0 rings (SSSR count). The van der Waals surface area contributed by atoms with Gasteiger partial charge < -0.3 is 6.16 Å². The van der Waals surface area contributed by atoms with Crippen molar-refractivity contribution in [1.82, 2.24) is 0 Å². The largest absolute Gasteiger partial charge is 1.00 e. The van der Waals surface area contributed by atoms with Gasteiger partial charge >= 0.3 is 29.6 Å². The first-order chi connectivity index (χ1) is 5.81. The molecule has 0 aromatic heterocycles. The van der Waals surface area contributed by atoms with Gasteiger partial charge in [-0.25, -0.2) is 0 Å². The fourth-order valence-electron chi connectivity index (χ4n) is 1.09. The third-order valence-corrected chi connectivity index (χ3v) is 1.79. The molecule has 0 N–H and O–H groups in total. The predicted octanol–water partition coefficient (Wildman–Crippen LogP) is 1.01. The van der Waals surface area contributed by atoms with Crippen molar-refractivity contribution in [2.45, 2.75) is 52.9 Å². The maximum atomic E-state index is 5.39. The Morgan fingerprint density at radius 1 is 1.23 bits per heavy atom. The molecule has 0 aliphatic heterocycles. The molecule has 0 aliphatic rings. The smallest absolute Gasteiger partial charge is 1.00 e. The molecule has 1 nitrogen and oxygen atoms in total. The van der Waals surface area contributed by atoms with Gasteiger partial charge in [-0.05, 0) is 25.3 Å². The maximum Gasteiger partial charge on any atom is 1.00 e. The number of unbranched alkanes of at least 4 members (excludes halogenated alkanes) is 2. The SMILES string of the molecule is CCCCCOC=C(C)CCC.[H-].[Na+]. The van der Waals surface area contributed by atoms with Crippen LogP contribution in [0.15, 0.2) is 11.8 Å². The van der Waals surface area contributed by atoms with E-state index in [4.69, 9.17) is 4.74 Å². The van der Waals surface area contributed by atoms with Crippen molar-refractivity contribution >= 4 is 0 Å². The number of allylic oxidation sites excluding steroid dienone is 1. The van der Waals surface area contributed by atoms with Crippen LogP contribution in [0.3, 0.4) is 0 Å². The number of hydrogen-bond donors (Lipinski definition) is 0. The van der Waals surface area contributed by atoms with E-state index in [1.54, 1.807) is 0 Å². The number of ether oxygens (including phenoxy) is 1. The minimum absolute atomic E-state index is 0. The first-order valence-corrected chi connectivity index (χ1v) is 5.08. The van der Waals surface area contributed by atoms with E-state index >= 15 is 0 Å². The van der Waals surface area contributed by atoms with Gasteiger partial charge in [-0.2, -0.15) is 0 Å². The minimum Gasteiger partial charge on any atom is -1.00 e. The van der Waals surface area contributed by atoms with Gasteiger partial charge in [0.25, 0.3) is 0 Å². The Kier molecular flexibility index (Phi) is 15.4. The van der Waals surface area contributed by atoms with Crippen molar-refractivity contribution in [1.29, 1.82) is 0 Å². The van der Waals surface area contributed by atoms with Crippen LogP contribution in [0.1, 0.15) is 54.3 Å². The van der Waals surface area contributed by atoms with E-state index in [0.717, 1.165) is 13.0 Å². The zero-order chi connectivity index (χ0) is 9.23. The summed E-state index contributed by atoms with van der Waals surface area (Å²) in [7, 11) is 0. The first-order valence-electron chi connectivity index (χ1n) is 5.08. The number of hydrogen-bond acceptors (Lipinski definition) is 1. The first kappa shape index (κ1) is 16.0. The van der Waals surface area contributed by atoms with Gasteiger partial charge in [-0.15, -0.1) is 0 Å². The molecule has 2 heteroatoms. The zero-order valence-corrected chi connectivity index (χ0v) is 11.7. The van der Waals surface area contributed by atoms with Crippen LogP contribution in [-0.2, 0) is 4.74 Å². The van der Waals surface area contributed by atoms with E-state index in [2.05, 4.69) is 20.8 Å².